The summed E-state index contributed by atoms with van der Waals surface area (Å²) in [4.78, 5) is 62.4. The lowest BCUT2D eigenvalue weighted by Crippen LogP contribution is -2.38. The van der Waals surface area contributed by atoms with Crippen molar-refractivity contribution in [2.24, 2.45) is 0 Å². The normalized spacial score (nSPS) is 30.8. The Labute approximate surface area is 339 Å². The van der Waals surface area contributed by atoms with E-state index in [9.17, 15) is 28.4 Å². The molecular formula is C34H33F2N7O14P2S. The number of nitrogen functional groups attached to an aromatic ring is 1. The second-order valence-corrected chi connectivity index (χ2v) is 18.7. The zero-order valence-corrected chi connectivity index (χ0v) is 33.4. The standard InChI is InChI=1S/C34H33F2N7O14P2S/c1-50-20-5-3-2-4-19(20)33(45)53-18-8-6-17(7-9-18)14-60-59(49)52-13-22-24(35)27(32(55-22)43-16-40-26-29(37)38-15-39-30(26)43)56-58(47,48)51-12-21-25(36)28(57-59)31(54-21)42-11-10-23(44)41-34(42)46/h2-11,15-16,21-22,24-25,27-28,31-32H,12-14H2,1H3,(H,47,48)(H2,37,38,39)(H,41,44,46)/t21-,22-,24-,25-,27-,28-,31-,32-,59?/m1/s1. The fraction of sp³-hybridized carbons (Fsp3) is 0.353. The van der Waals surface area contributed by atoms with Crippen molar-refractivity contribution < 1.29 is 64.6 Å². The summed E-state index contributed by atoms with van der Waals surface area (Å²) in [7, 11) is -3.86. The van der Waals surface area contributed by atoms with E-state index in [0.717, 1.165) is 29.5 Å². The molecule has 0 saturated carbocycles. The number of alkyl halides is 2. The monoisotopic (exact) mass is 895 g/mol. The van der Waals surface area contributed by atoms with Crippen molar-refractivity contribution in [2.45, 2.75) is 55.0 Å². The fourth-order valence-electron chi connectivity index (χ4n) is 6.56. The van der Waals surface area contributed by atoms with Crippen molar-refractivity contribution in [3.05, 3.63) is 105 Å². The number of fused-ring (bicyclic) bond motifs is 5. The van der Waals surface area contributed by atoms with Gasteiger partial charge in [-0.1, -0.05) is 24.3 Å². The molecule has 2 unspecified atom stereocenters. The third-order valence-corrected chi connectivity index (χ3v) is 14.1. The summed E-state index contributed by atoms with van der Waals surface area (Å²) in [5.74, 6) is -0.392. The van der Waals surface area contributed by atoms with Gasteiger partial charge in [-0.2, -0.15) is 0 Å². The molecule has 4 bridgehead atoms. The molecule has 3 saturated heterocycles. The van der Waals surface area contributed by atoms with Crippen LogP contribution >= 0.6 is 26.0 Å². The number of carbonyl (C=O) groups is 1. The predicted molar refractivity (Wildman–Crippen MR) is 203 cm³/mol. The van der Waals surface area contributed by atoms with E-state index < -0.39 is 94.3 Å². The van der Waals surface area contributed by atoms with Gasteiger partial charge >= 0.3 is 26.3 Å². The number of methoxy groups -OCH3 is 1. The van der Waals surface area contributed by atoms with E-state index in [4.69, 9.17) is 42.8 Å². The Bertz CT molecular complexity index is 2620. The molecule has 4 N–H and O–H groups in total. The third kappa shape index (κ3) is 8.53. The number of imidazole rings is 1. The first-order chi connectivity index (χ1) is 28.7. The van der Waals surface area contributed by atoms with E-state index in [2.05, 4.69) is 15.0 Å². The summed E-state index contributed by atoms with van der Waals surface area (Å²) in [6, 6.07) is 13.4. The number of nitrogens with two attached hydrogens (primary N) is 1. The molecule has 2 aromatic carbocycles. The molecule has 3 aliphatic heterocycles. The number of esters is 1. The van der Waals surface area contributed by atoms with Crippen LogP contribution in [0.5, 0.6) is 11.5 Å². The number of para-hydroxylation sites is 1. The molecule has 60 heavy (non-hydrogen) atoms. The zero-order chi connectivity index (χ0) is 42.3. The first-order valence-corrected chi connectivity index (χ1v) is 22.4. The van der Waals surface area contributed by atoms with Crippen molar-refractivity contribution in [3.63, 3.8) is 0 Å². The summed E-state index contributed by atoms with van der Waals surface area (Å²) in [5.41, 5.74) is 4.88. The summed E-state index contributed by atoms with van der Waals surface area (Å²) >= 11 is 0.555. The number of anilines is 1. The average Bonchev–Trinajstić information content (AvgIpc) is 3.89. The number of ether oxygens (including phenoxy) is 4. The molecule has 0 spiro atoms. The summed E-state index contributed by atoms with van der Waals surface area (Å²) in [6.45, 7) is -6.58. The maximum atomic E-state index is 16.4. The van der Waals surface area contributed by atoms with Crippen LogP contribution in [0.25, 0.3) is 11.2 Å². The molecule has 10 atom stereocenters. The van der Waals surface area contributed by atoms with Crippen LogP contribution in [0.15, 0.2) is 83.0 Å². The molecular weight excluding hydrogens is 862 g/mol. The van der Waals surface area contributed by atoms with Gasteiger partial charge in [0.2, 0.25) is 0 Å². The van der Waals surface area contributed by atoms with E-state index >= 15 is 8.78 Å². The van der Waals surface area contributed by atoms with Gasteiger partial charge in [-0.25, -0.2) is 42.5 Å². The Morgan fingerprint density at radius 2 is 1.63 bits per heavy atom. The van der Waals surface area contributed by atoms with Gasteiger partial charge in [0.15, 0.2) is 36.3 Å². The van der Waals surface area contributed by atoms with Crippen molar-refractivity contribution in [1.82, 2.24) is 29.1 Å². The van der Waals surface area contributed by atoms with Crippen LogP contribution in [-0.2, 0) is 42.5 Å². The highest BCUT2D eigenvalue weighted by atomic mass is 32.7. The van der Waals surface area contributed by atoms with Gasteiger partial charge in [0.05, 0.1) is 26.7 Å². The van der Waals surface area contributed by atoms with Crippen LogP contribution in [0.1, 0.15) is 28.4 Å². The number of phosphoric acid groups is 1. The molecule has 0 radical (unpaired) electrons. The van der Waals surface area contributed by atoms with Crippen LogP contribution in [0.2, 0.25) is 0 Å². The highest BCUT2D eigenvalue weighted by Crippen LogP contribution is 2.65. The molecule has 0 aliphatic carbocycles. The first kappa shape index (κ1) is 41.8. The van der Waals surface area contributed by atoms with E-state index in [1.54, 1.807) is 30.3 Å². The summed E-state index contributed by atoms with van der Waals surface area (Å²) in [6.07, 6.45) is -12.0. The molecule has 3 fully saturated rings. The van der Waals surface area contributed by atoms with E-state index in [0.29, 0.717) is 22.7 Å². The van der Waals surface area contributed by atoms with Gasteiger partial charge in [0, 0.05) is 18.0 Å². The number of hydrogen-bond acceptors (Lipinski definition) is 18. The highest BCUT2D eigenvalue weighted by Gasteiger charge is 2.55. The number of phosphoric ester groups is 1. The lowest BCUT2D eigenvalue weighted by Gasteiger charge is -2.27. The van der Waals surface area contributed by atoms with Crippen molar-refractivity contribution in [3.8, 4) is 11.5 Å². The molecule has 3 aliphatic rings. The average molecular weight is 896 g/mol. The number of nitrogens with zero attached hydrogens (tertiary/aromatic N) is 5. The topological polar surface area (TPSA) is 270 Å². The van der Waals surface area contributed by atoms with Gasteiger partial charge < -0.3 is 29.6 Å². The number of carbonyl (C=O) groups excluding carboxylic acids is 1. The maximum absolute atomic E-state index is 16.4. The van der Waals surface area contributed by atoms with Crippen LogP contribution in [0.4, 0.5) is 14.6 Å². The van der Waals surface area contributed by atoms with Crippen LogP contribution in [0.3, 0.4) is 0 Å². The second-order valence-electron chi connectivity index (χ2n) is 13.3. The third-order valence-electron chi connectivity index (χ3n) is 9.47. The number of aromatic amines is 1. The fourth-order valence-corrected chi connectivity index (χ4v) is 10.8. The van der Waals surface area contributed by atoms with Crippen molar-refractivity contribution >= 4 is 49.0 Å². The number of aromatic nitrogens is 6. The van der Waals surface area contributed by atoms with Gasteiger partial charge in [-0.15, -0.1) is 0 Å². The van der Waals surface area contributed by atoms with Gasteiger partial charge in [0.25, 0.3) is 5.56 Å². The Morgan fingerprint density at radius 1 is 0.950 bits per heavy atom. The highest BCUT2D eigenvalue weighted by molar-refractivity contribution is 8.54. The van der Waals surface area contributed by atoms with Crippen LogP contribution in [0, 0.1) is 0 Å². The lowest BCUT2D eigenvalue weighted by atomic mass is 10.1. The molecule has 8 rings (SSSR count). The number of nitrogens with one attached hydrogen (secondary N) is 1. The summed E-state index contributed by atoms with van der Waals surface area (Å²) < 4.78 is 107. The van der Waals surface area contributed by atoms with Crippen molar-refractivity contribution in [1.29, 1.82) is 0 Å². The molecule has 21 nitrogen and oxygen atoms in total. The molecule has 0 amide bonds. The minimum Gasteiger partial charge on any atom is -0.496 e. The smallest absolute Gasteiger partial charge is 0.472 e. The maximum Gasteiger partial charge on any atom is 0.472 e. The van der Waals surface area contributed by atoms with Crippen LogP contribution in [-0.4, -0.2) is 97.0 Å². The molecule has 5 aromatic rings. The van der Waals surface area contributed by atoms with Crippen molar-refractivity contribution in [2.75, 3.05) is 26.1 Å². The summed E-state index contributed by atoms with van der Waals surface area (Å²) in [5, 5.41) is 0. The first-order valence-electron chi connectivity index (χ1n) is 17.7. The molecule has 6 heterocycles. The largest absolute Gasteiger partial charge is 0.496 e. The number of rotatable bonds is 8. The number of benzene rings is 2. The Kier molecular flexibility index (Phi) is 11.8. The van der Waals surface area contributed by atoms with E-state index in [1.165, 1.54) is 29.9 Å². The number of H-pyrrole nitrogens is 1. The minimum atomic E-state index is -5.27. The van der Waals surface area contributed by atoms with E-state index in [-0.39, 0.29) is 34.0 Å². The van der Waals surface area contributed by atoms with Gasteiger partial charge in [-0.3, -0.25) is 37.0 Å². The molecule has 3 aromatic heterocycles. The lowest BCUT2D eigenvalue weighted by molar-refractivity contribution is -0.0648. The molecule has 26 heteroatoms. The van der Waals surface area contributed by atoms with E-state index in [1.807, 2.05) is 4.98 Å². The van der Waals surface area contributed by atoms with Crippen LogP contribution < -0.4 is 26.5 Å². The number of halogens is 2. The Balaban J connectivity index is 1.09. The SMILES string of the molecule is COc1ccccc1C(=O)Oc1ccc(CSP2(=O)OC[C@H]3O[C@@H](n4cnc5c(N)ncnc54)[C@H](OP(=O)(O)OC[C@H]4O[C@@H](n5ccc(=O)[nH]c5=O)[C@H](O2)[C@@H]4F)[C@@H]3F)cc1. The zero-order valence-electron chi connectivity index (χ0n) is 30.8. The molecule has 318 valence electrons. The minimum absolute atomic E-state index is 0.0303. The quantitative estimate of drug-likeness (QED) is 0.114. The van der Waals surface area contributed by atoms with Gasteiger partial charge in [-0.05, 0) is 41.2 Å². The predicted octanol–water partition coefficient (Wildman–Crippen LogP) is 3.62. The van der Waals surface area contributed by atoms with Gasteiger partial charge in [0.1, 0.15) is 53.3 Å². The second kappa shape index (κ2) is 16.9. The number of hydrogen-bond donors (Lipinski definition) is 3. The Hall–Kier alpha value is -4.87. The Morgan fingerprint density at radius 3 is 2.35 bits per heavy atom.